The van der Waals surface area contributed by atoms with Crippen LogP contribution in [0.15, 0.2) is 60.7 Å². The van der Waals surface area contributed by atoms with Crippen LogP contribution in [-0.2, 0) is 20.9 Å². The first-order valence-corrected chi connectivity index (χ1v) is 8.36. The molecule has 0 unspecified atom stereocenters. The molecule has 0 aromatic heterocycles. The molecule has 136 valence electrons. The summed E-state index contributed by atoms with van der Waals surface area (Å²) in [5.41, 5.74) is 0.420. The number of amides is 1. The van der Waals surface area contributed by atoms with Crippen LogP contribution < -0.4 is 0 Å². The summed E-state index contributed by atoms with van der Waals surface area (Å²) in [5.74, 6) is -1.12. The van der Waals surface area contributed by atoms with Crippen molar-refractivity contribution >= 4 is 12.1 Å². The second-order valence-corrected chi connectivity index (χ2v) is 6.59. The van der Waals surface area contributed by atoms with Crippen molar-refractivity contribution in [2.75, 3.05) is 0 Å². The molecular weight excluding hydrogens is 334 g/mol. The number of hydrogen-bond donors (Lipinski definition) is 1. The Hall–Kier alpha value is -2.86. The fourth-order valence-corrected chi connectivity index (χ4v) is 3.18. The van der Waals surface area contributed by atoms with Gasteiger partial charge in [-0.15, -0.1) is 0 Å². The lowest BCUT2D eigenvalue weighted by Crippen LogP contribution is -2.45. The van der Waals surface area contributed by atoms with Gasteiger partial charge in [-0.2, -0.15) is 0 Å². The molecule has 6 heteroatoms. The van der Waals surface area contributed by atoms with E-state index < -0.39 is 29.9 Å². The van der Waals surface area contributed by atoms with E-state index in [-0.39, 0.29) is 6.61 Å². The zero-order valence-electron chi connectivity index (χ0n) is 14.7. The molecule has 26 heavy (non-hydrogen) atoms. The molecule has 3 rings (SSSR count). The van der Waals surface area contributed by atoms with Crippen molar-refractivity contribution in [3.63, 3.8) is 0 Å². The van der Waals surface area contributed by atoms with Crippen molar-refractivity contribution in [1.29, 1.82) is 0 Å². The Morgan fingerprint density at radius 1 is 1.08 bits per heavy atom. The first-order chi connectivity index (χ1) is 12.4. The fourth-order valence-electron chi connectivity index (χ4n) is 3.18. The van der Waals surface area contributed by atoms with Gasteiger partial charge >= 0.3 is 12.1 Å². The van der Waals surface area contributed by atoms with E-state index in [1.807, 2.05) is 36.4 Å². The minimum atomic E-state index is -1.17. The monoisotopic (exact) mass is 355 g/mol. The van der Waals surface area contributed by atoms with E-state index in [9.17, 15) is 14.7 Å². The number of carboxylic acids is 1. The maximum absolute atomic E-state index is 12.8. The number of benzene rings is 2. The van der Waals surface area contributed by atoms with Crippen LogP contribution in [0.1, 0.15) is 31.0 Å². The molecule has 2 aromatic rings. The number of aliphatic carboxylic acids is 1. The predicted molar refractivity (Wildman–Crippen MR) is 94.2 cm³/mol. The molecule has 0 radical (unpaired) electrons. The highest BCUT2D eigenvalue weighted by Crippen LogP contribution is 2.42. The first-order valence-electron chi connectivity index (χ1n) is 8.36. The zero-order valence-corrected chi connectivity index (χ0v) is 14.7. The quantitative estimate of drug-likeness (QED) is 0.907. The van der Waals surface area contributed by atoms with Gasteiger partial charge in [-0.3, -0.25) is 4.90 Å². The van der Waals surface area contributed by atoms with Crippen molar-refractivity contribution in [3.8, 4) is 0 Å². The molecule has 2 atom stereocenters. The second kappa shape index (κ2) is 7.17. The molecular formula is C20H21NO5. The smallest absolute Gasteiger partial charge is 0.413 e. The molecule has 0 saturated carbocycles. The van der Waals surface area contributed by atoms with E-state index in [0.717, 1.165) is 5.56 Å². The SMILES string of the molecule is CC1(C)O[C@@H](C(=O)O)[C@H](c2ccccc2)N1C(=O)OCc1ccccc1. The molecule has 1 saturated heterocycles. The number of carbonyl (C=O) groups excluding carboxylic acids is 1. The van der Waals surface area contributed by atoms with Gasteiger partial charge in [0.2, 0.25) is 0 Å². The molecule has 6 nitrogen and oxygen atoms in total. The van der Waals surface area contributed by atoms with Gasteiger partial charge in [-0.1, -0.05) is 60.7 Å². The summed E-state index contributed by atoms with van der Waals surface area (Å²) in [6.45, 7) is 3.43. The van der Waals surface area contributed by atoms with Gasteiger partial charge in [-0.05, 0) is 25.0 Å². The predicted octanol–water partition coefficient (Wildman–Crippen LogP) is 3.59. The fraction of sp³-hybridized carbons (Fsp3) is 0.300. The third-order valence-corrected chi connectivity index (χ3v) is 4.35. The van der Waals surface area contributed by atoms with Crippen molar-refractivity contribution in [3.05, 3.63) is 71.8 Å². The Morgan fingerprint density at radius 3 is 2.23 bits per heavy atom. The van der Waals surface area contributed by atoms with Gasteiger partial charge < -0.3 is 14.6 Å². The summed E-state index contributed by atoms with van der Waals surface area (Å²) >= 11 is 0. The van der Waals surface area contributed by atoms with Gasteiger partial charge in [0.05, 0.1) is 0 Å². The molecule has 1 aliphatic rings. The van der Waals surface area contributed by atoms with E-state index in [2.05, 4.69) is 0 Å². The topological polar surface area (TPSA) is 76.1 Å². The van der Waals surface area contributed by atoms with Crippen molar-refractivity contribution in [1.82, 2.24) is 4.90 Å². The van der Waals surface area contributed by atoms with Crippen molar-refractivity contribution < 1.29 is 24.2 Å². The maximum Gasteiger partial charge on any atom is 0.413 e. The van der Waals surface area contributed by atoms with Gasteiger partial charge in [0, 0.05) is 0 Å². The Kier molecular flexibility index (Phi) is 4.95. The third kappa shape index (κ3) is 3.55. The number of nitrogens with zero attached hydrogens (tertiary/aromatic N) is 1. The van der Waals surface area contributed by atoms with Crippen LogP contribution in [0.25, 0.3) is 0 Å². The standard InChI is InChI=1S/C20H21NO5/c1-20(2)21(19(24)25-13-14-9-5-3-6-10-14)16(17(26-20)18(22)23)15-11-7-4-8-12-15/h3-12,16-17H,13H2,1-2H3,(H,22,23)/t16-,17+/m0/s1. The van der Waals surface area contributed by atoms with Crippen molar-refractivity contribution in [2.45, 2.75) is 38.3 Å². The summed E-state index contributed by atoms with van der Waals surface area (Å²) in [6.07, 6.45) is -1.78. The van der Waals surface area contributed by atoms with E-state index in [1.165, 1.54) is 4.90 Å². The molecule has 1 amide bonds. The molecule has 1 fully saturated rings. The number of carboxylic acid groups (broad SMARTS) is 1. The highest BCUT2D eigenvalue weighted by molar-refractivity contribution is 5.77. The number of ether oxygens (including phenoxy) is 2. The average Bonchev–Trinajstić information content (AvgIpc) is 2.93. The summed E-state index contributed by atoms with van der Waals surface area (Å²) in [7, 11) is 0. The normalized spacial score (nSPS) is 21.4. The largest absolute Gasteiger partial charge is 0.479 e. The lowest BCUT2D eigenvalue weighted by molar-refractivity contribution is -0.155. The van der Waals surface area contributed by atoms with E-state index >= 15 is 0 Å². The lowest BCUT2D eigenvalue weighted by Gasteiger charge is -2.32. The van der Waals surface area contributed by atoms with E-state index in [1.54, 1.807) is 38.1 Å². The molecule has 2 aromatic carbocycles. The Morgan fingerprint density at radius 2 is 1.65 bits per heavy atom. The number of hydrogen-bond acceptors (Lipinski definition) is 4. The van der Waals surface area contributed by atoms with Gasteiger partial charge in [0.25, 0.3) is 0 Å². The van der Waals surface area contributed by atoms with Crippen LogP contribution in [-0.4, -0.2) is 33.9 Å². The van der Waals surface area contributed by atoms with Gasteiger partial charge in [0.15, 0.2) is 6.10 Å². The van der Waals surface area contributed by atoms with Crippen LogP contribution in [0.3, 0.4) is 0 Å². The Balaban J connectivity index is 1.88. The molecule has 0 spiro atoms. The summed E-state index contributed by atoms with van der Waals surface area (Å²) < 4.78 is 11.1. The number of rotatable bonds is 4. The molecule has 0 aliphatic carbocycles. The first kappa shape index (κ1) is 17.9. The highest BCUT2D eigenvalue weighted by atomic mass is 16.6. The average molecular weight is 355 g/mol. The van der Waals surface area contributed by atoms with Crippen LogP contribution in [0.4, 0.5) is 4.79 Å². The van der Waals surface area contributed by atoms with Crippen molar-refractivity contribution in [2.24, 2.45) is 0 Å². The molecule has 0 bridgehead atoms. The van der Waals surface area contributed by atoms with Crippen LogP contribution in [0.5, 0.6) is 0 Å². The third-order valence-electron chi connectivity index (χ3n) is 4.35. The Labute approximate surface area is 152 Å². The molecule has 1 N–H and O–H groups in total. The minimum Gasteiger partial charge on any atom is -0.479 e. The van der Waals surface area contributed by atoms with E-state index in [4.69, 9.17) is 9.47 Å². The summed E-state index contributed by atoms with van der Waals surface area (Å²) in [4.78, 5) is 25.9. The van der Waals surface area contributed by atoms with Gasteiger partial charge in [-0.25, -0.2) is 9.59 Å². The highest BCUT2D eigenvalue weighted by Gasteiger charge is 2.54. The van der Waals surface area contributed by atoms with Crippen LogP contribution in [0.2, 0.25) is 0 Å². The number of carbonyl (C=O) groups is 2. The summed E-state index contributed by atoms with van der Waals surface area (Å²) in [5, 5.41) is 9.58. The second-order valence-electron chi connectivity index (χ2n) is 6.59. The lowest BCUT2D eigenvalue weighted by atomic mass is 10.0. The Bertz CT molecular complexity index is 775. The van der Waals surface area contributed by atoms with Crippen LogP contribution >= 0.6 is 0 Å². The molecule has 1 aliphatic heterocycles. The van der Waals surface area contributed by atoms with Crippen LogP contribution in [0, 0.1) is 0 Å². The minimum absolute atomic E-state index is 0.103. The molecule has 1 heterocycles. The van der Waals surface area contributed by atoms with Gasteiger partial charge in [0.1, 0.15) is 18.4 Å². The zero-order chi connectivity index (χ0) is 18.7. The van der Waals surface area contributed by atoms with E-state index in [0.29, 0.717) is 5.56 Å². The summed E-state index contributed by atoms with van der Waals surface area (Å²) in [6, 6.07) is 17.5. The maximum atomic E-state index is 12.8.